The summed E-state index contributed by atoms with van der Waals surface area (Å²) in [5.41, 5.74) is 3.53. The molecular weight excluding hydrogens is 302 g/mol. The summed E-state index contributed by atoms with van der Waals surface area (Å²) >= 11 is 0. The number of ketones is 1. The van der Waals surface area contributed by atoms with Gasteiger partial charge in [0, 0.05) is 11.3 Å². The van der Waals surface area contributed by atoms with Crippen molar-refractivity contribution < 1.29 is 14.3 Å². The van der Waals surface area contributed by atoms with Gasteiger partial charge in [-0.05, 0) is 43.0 Å². The Hall–Kier alpha value is -2.62. The Balaban J connectivity index is 2.05. The third kappa shape index (κ3) is 4.44. The summed E-state index contributed by atoms with van der Waals surface area (Å²) in [7, 11) is 0. The Bertz CT molecular complexity index is 750. The number of carbonyl (C=O) groups is 2. The minimum atomic E-state index is -0.223. The fourth-order valence-electron chi connectivity index (χ4n) is 2.47. The number of aryl methyl sites for hydroxylation is 1. The van der Waals surface area contributed by atoms with E-state index in [-0.39, 0.29) is 18.3 Å². The van der Waals surface area contributed by atoms with Crippen LogP contribution in [0.25, 0.3) is 0 Å². The van der Waals surface area contributed by atoms with Gasteiger partial charge in [0.15, 0.2) is 12.4 Å². The number of rotatable bonds is 6. The summed E-state index contributed by atoms with van der Waals surface area (Å²) in [6, 6.07) is 12.8. The minimum Gasteiger partial charge on any atom is -0.484 e. The lowest BCUT2D eigenvalue weighted by atomic mass is 9.98. The predicted octanol–water partition coefficient (Wildman–Crippen LogP) is 4.34. The van der Waals surface area contributed by atoms with E-state index in [9.17, 15) is 9.59 Å². The molecule has 4 heteroatoms. The average Bonchev–Trinajstić information content (AvgIpc) is 2.55. The smallest absolute Gasteiger partial charge is 0.262 e. The van der Waals surface area contributed by atoms with Crippen LogP contribution in [-0.4, -0.2) is 18.3 Å². The van der Waals surface area contributed by atoms with Gasteiger partial charge in [-0.3, -0.25) is 9.59 Å². The number of Topliss-reactive ketones (excluding diaryl/α,β-unsaturated/α-hetero) is 1. The van der Waals surface area contributed by atoms with Gasteiger partial charge in [0.05, 0.1) is 0 Å². The van der Waals surface area contributed by atoms with E-state index >= 15 is 0 Å². The summed E-state index contributed by atoms with van der Waals surface area (Å²) in [4.78, 5) is 23.6. The van der Waals surface area contributed by atoms with Crippen molar-refractivity contribution in [1.29, 1.82) is 0 Å². The molecule has 0 aliphatic heterocycles. The van der Waals surface area contributed by atoms with Crippen LogP contribution in [0.2, 0.25) is 0 Å². The molecule has 0 aliphatic carbocycles. The molecule has 2 aromatic rings. The summed E-state index contributed by atoms with van der Waals surface area (Å²) in [6.07, 6.45) is 0. The van der Waals surface area contributed by atoms with Gasteiger partial charge in [0.2, 0.25) is 0 Å². The predicted molar refractivity (Wildman–Crippen MR) is 95.8 cm³/mol. The zero-order valence-electron chi connectivity index (χ0n) is 14.6. The molecule has 2 rings (SSSR count). The van der Waals surface area contributed by atoms with Gasteiger partial charge >= 0.3 is 0 Å². The van der Waals surface area contributed by atoms with Crippen molar-refractivity contribution in [3.05, 3.63) is 59.2 Å². The van der Waals surface area contributed by atoms with Crippen molar-refractivity contribution >= 4 is 17.4 Å². The number of para-hydroxylation sites is 1. The molecule has 0 saturated heterocycles. The maximum absolute atomic E-state index is 12.2. The second-order valence-corrected chi connectivity index (χ2v) is 6.11. The molecule has 0 saturated carbocycles. The molecule has 0 aliphatic rings. The van der Waals surface area contributed by atoms with Gasteiger partial charge in [-0.1, -0.05) is 44.2 Å². The van der Waals surface area contributed by atoms with Crippen LogP contribution in [0.3, 0.4) is 0 Å². The van der Waals surface area contributed by atoms with Crippen LogP contribution in [0.15, 0.2) is 42.5 Å². The topological polar surface area (TPSA) is 55.4 Å². The molecule has 1 N–H and O–H groups in total. The van der Waals surface area contributed by atoms with E-state index in [0.717, 1.165) is 16.8 Å². The first-order valence-corrected chi connectivity index (χ1v) is 8.01. The molecule has 0 unspecified atom stereocenters. The van der Waals surface area contributed by atoms with Crippen molar-refractivity contribution in [2.45, 2.75) is 33.6 Å². The number of carbonyl (C=O) groups excluding carboxylic acids is 2. The molecule has 0 bridgehead atoms. The minimum absolute atomic E-state index is 0.0358. The van der Waals surface area contributed by atoms with Crippen LogP contribution in [0.5, 0.6) is 5.75 Å². The molecule has 0 radical (unpaired) electrons. The molecule has 2 aromatic carbocycles. The van der Waals surface area contributed by atoms with Crippen LogP contribution < -0.4 is 10.1 Å². The SMILES string of the molecule is CC(=O)c1cccc(OCC(=O)Nc2c(C)cccc2C(C)C)c1. The summed E-state index contributed by atoms with van der Waals surface area (Å²) in [5, 5.41) is 2.94. The second kappa shape index (κ2) is 7.77. The third-order valence-electron chi connectivity index (χ3n) is 3.80. The normalized spacial score (nSPS) is 10.5. The molecule has 24 heavy (non-hydrogen) atoms. The number of nitrogens with one attached hydrogen (secondary N) is 1. The Labute approximate surface area is 142 Å². The number of anilines is 1. The largest absolute Gasteiger partial charge is 0.484 e. The second-order valence-electron chi connectivity index (χ2n) is 6.11. The Kier molecular flexibility index (Phi) is 5.74. The molecule has 0 spiro atoms. The van der Waals surface area contributed by atoms with E-state index in [2.05, 4.69) is 19.2 Å². The molecule has 0 fully saturated rings. The molecule has 126 valence electrons. The number of hydrogen-bond acceptors (Lipinski definition) is 3. The standard InChI is InChI=1S/C20H23NO3/c1-13(2)18-10-5-7-14(3)20(18)21-19(23)12-24-17-9-6-8-16(11-17)15(4)22/h5-11,13H,12H2,1-4H3,(H,21,23). The summed E-state index contributed by atoms with van der Waals surface area (Å²) in [5.74, 6) is 0.561. The molecule has 1 amide bonds. The van der Waals surface area contributed by atoms with Gasteiger partial charge in [-0.25, -0.2) is 0 Å². The fraction of sp³-hybridized carbons (Fsp3) is 0.300. The number of amides is 1. The molecule has 0 atom stereocenters. The number of hydrogen-bond donors (Lipinski definition) is 1. The van der Waals surface area contributed by atoms with E-state index in [1.165, 1.54) is 6.92 Å². The van der Waals surface area contributed by atoms with Crippen LogP contribution in [0, 0.1) is 6.92 Å². The highest BCUT2D eigenvalue weighted by molar-refractivity contribution is 5.95. The van der Waals surface area contributed by atoms with Crippen molar-refractivity contribution in [2.24, 2.45) is 0 Å². The first-order chi connectivity index (χ1) is 11.4. The average molecular weight is 325 g/mol. The van der Waals surface area contributed by atoms with E-state index in [4.69, 9.17) is 4.74 Å². The Morgan fingerprint density at radius 2 is 1.83 bits per heavy atom. The summed E-state index contributed by atoms with van der Waals surface area (Å²) in [6.45, 7) is 7.55. The van der Waals surface area contributed by atoms with E-state index in [1.54, 1.807) is 24.3 Å². The van der Waals surface area contributed by atoms with E-state index in [1.807, 2.05) is 25.1 Å². The van der Waals surface area contributed by atoms with Crippen LogP contribution >= 0.6 is 0 Å². The van der Waals surface area contributed by atoms with E-state index < -0.39 is 0 Å². The van der Waals surface area contributed by atoms with Gasteiger partial charge < -0.3 is 10.1 Å². The molecule has 4 nitrogen and oxygen atoms in total. The lowest BCUT2D eigenvalue weighted by Gasteiger charge is -2.16. The first-order valence-electron chi connectivity index (χ1n) is 8.01. The highest BCUT2D eigenvalue weighted by Crippen LogP contribution is 2.27. The summed E-state index contributed by atoms with van der Waals surface area (Å²) < 4.78 is 5.51. The maximum atomic E-state index is 12.2. The van der Waals surface area contributed by atoms with Crippen LogP contribution in [0.4, 0.5) is 5.69 Å². The quantitative estimate of drug-likeness (QED) is 0.804. The van der Waals surface area contributed by atoms with E-state index in [0.29, 0.717) is 17.2 Å². The lowest BCUT2D eigenvalue weighted by Crippen LogP contribution is -2.21. The molecule has 0 aromatic heterocycles. The van der Waals surface area contributed by atoms with Gasteiger partial charge in [0.25, 0.3) is 5.91 Å². The van der Waals surface area contributed by atoms with Crippen molar-refractivity contribution in [3.63, 3.8) is 0 Å². The fourth-order valence-corrected chi connectivity index (χ4v) is 2.47. The van der Waals surface area contributed by atoms with Crippen LogP contribution in [0.1, 0.15) is 48.2 Å². The van der Waals surface area contributed by atoms with Gasteiger partial charge in [-0.15, -0.1) is 0 Å². The zero-order chi connectivity index (χ0) is 17.7. The van der Waals surface area contributed by atoms with Crippen molar-refractivity contribution in [1.82, 2.24) is 0 Å². The monoisotopic (exact) mass is 325 g/mol. The Morgan fingerprint density at radius 3 is 2.50 bits per heavy atom. The van der Waals surface area contributed by atoms with Crippen molar-refractivity contribution in [2.75, 3.05) is 11.9 Å². The van der Waals surface area contributed by atoms with Crippen LogP contribution in [-0.2, 0) is 4.79 Å². The van der Waals surface area contributed by atoms with Crippen molar-refractivity contribution in [3.8, 4) is 5.75 Å². The number of benzene rings is 2. The highest BCUT2D eigenvalue weighted by atomic mass is 16.5. The lowest BCUT2D eigenvalue weighted by molar-refractivity contribution is -0.118. The third-order valence-corrected chi connectivity index (χ3v) is 3.80. The molecular formula is C20H23NO3. The number of ether oxygens (including phenoxy) is 1. The maximum Gasteiger partial charge on any atom is 0.262 e. The zero-order valence-corrected chi connectivity index (χ0v) is 14.6. The van der Waals surface area contributed by atoms with Gasteiger partial charge in [0.1, 0.15) is 5.75 Å². The van der Waals surface area contributed by atoms with Gasteiger partial charge in [-0.2, -0.15) is 0 Å². The Morgan fingerprint density at radius 1 is 1.12 bits per heavy atom. The molecule has 0 heterocycles. The first kappa shape index (κ1) is 17.7. The highest BCUT2D eigenvalue weighted by Gasteiger charge is 2.12.